The Morgan fingerprint density at radius 3 is 2.11 bits per heavy atom. The molecule has 5 rings (SSSR count). The number of rotatable bonds is 5. The van der Waals surface area contributed by atoms with Crippen LogP contribution in [0, 0.1) is 5.92 Å². The summed E-state index contributed by atoms with van der Waals surface area (Å²) in [6, 6.07) is 25.6. The lowest BCUT2D eigenvalue weighted by molar-refractivity contribution is -0.131. The minimum absolute atomic E-state index is 0.0423. The van der Waals surface area contributed by atoms with Crippen LogP contribution >= 0.6 is 41.9 Å². The zero-order valence-electron chi connectivity index (χ0n) is 18.7. The number of sulfonamides is 1. The number of hydrogen-bond donors (Lipinski definition) is 0. The van der Waals surface area contributed by atoms with Gasteiger partial charge in [-0.25, -0.2) is 12.7 Å². The number of benzene rings is 3. The van der Waals surface area contributed by atoms with E-state index in [2.05, 4.69) is 37.6 Å². The Morgan fingerprint density at radius 1 is 0.886 bits per heavy atom. The molecule has 0 unspecified atom stereocenters. The van der Waals surface area contributed by atoms with Crippen molar-refractivity contribution in [2.24, 2.45) is 5.92 Å². The average molecular weight is 639 g/mol. The van der Waals surface area contributed by atoms with Crippen LogP contribution in [0.5, 0.6) is 0 Å². The summed E-state index contributed by atoms with van der Waals surface area (Å²) >= 11 is 8.43. The van der Waals surface area contributed by atoms with Crippen LogP contribution in [0.1, 0.15) is 36.1 Å². The van der Waals surface area contributed by atoms with Crippen molar-refractivity contribution in [2.75, 3.05) is 6.54 Å². The number of nitrogens with zero attached hydrogens (tertiary/aromatic N) is 2. The van der Waals surface area contributed by atoms with Crippen LogP contribution < -0.4 is 0 Å². The predicted octanol–water partition coefficient (Wildman–Crippen LogP) is 6.47. The molecule has 0 radical (unpaired) electrons. The van der Waals surface area contributed by atoms with Gasteiger partial charge in [0.05, 0.1) is 17.0 Å². The number of hydrogen-bond acceptors (Lipinski definition) is 5. The Kier molecular flexibility index (Phi) is 7.58. The second kappa shape index (κ2) is 10.5. The van der Waals surface area contributed by atoms with Crippen LogP contribution in [0.25, 0.3) is 0 Å². The van der Waals surface area contributed by atoms with Gasteiger partial charge < -0.3 is 0 Å². The Bertz CT molecular complexity index is 1310. The monoisotopic (exact) mass is 638 g/mol. The maximum absolute atomic E-state index is 13.9. The molecule has 0 spiro atoms. The van der Waals surface area contributed by atoms with Gasteiger partial charge in [-0.05, 0) is 44.9 Å². The molecule has 35 heavy (non-hydrogen) atoms. The van der Waals surface area contributed by atoms with Crippen LogP contribution in [0.4, 0.5) is 0 Å². The van der Waals surface area contributed by atoms with Gasteiger partial charge in [-0.3, -0.25) is 4.79 Å². The lowest BCUT2D eigenvalue weighted by Gasteiger charge is -2.50. The molecule has 0 amide bonds. The topological polar surface area (TPSA) is 57.7 Å². The summed E-state index contributed by atoms with van der Waals surface area (Å²) in [7, 11) is -2.27. The summed E-state index contributed by atoms with van der Waals surface area (Å²) in [5, 5.41) is 0.365. The van der Waals surface area contributed by atoms with Gasteiger partial charge in [-0.2, -0.15) is 4.31 Å². The van der Waals surface area contributed by atoms with E-state index >= 15 is 0 Å². The van der Waals surface area contributed by atoms with E-state index < -0.39 is 22.0 Å². The highest BCUT2D eigenvalue weighted by atomic mass is 127. The van der Waals surface area contributed by atoms with E-state index in [0.717, 1.165) is 11.1 Å². The molecular formula is C26H24ClIN2O3S2. The van der Waals surface area contributed by atoms with Crippen molar-refractivity contribution in [3.05, 3.63) is 101 Å². The highest BCUT2D eigenvalue weighted by Crippen LogP contribution is 2.49. The van der Waals surface area contributed by atoms with Gasteiger partial charge >= 0.3 is 0 Å². The van der Waals surface area contributed by atoms with Crippen molar-refractivity contribution in [1.82, 2.24) is 8.61 Å². The number of Topliss-reactive ketones (excluding diaryl/α,β-unsaturated/α-hetero) is 1. The van der Waals surface area contributed by atoms with Gasteiger partial charge in [0.1, 0.15) is 5.78 Å². The van der Waals surface area contributed by atoms with Crippen molar-refractivity contribution >= 4 is 57.7 Å². The maximum atomic E-state index is 13.9. The van der Waals surface area contributed by atoms with Gasteiger partial charge in [0.25, 0.3) is 0 Å². The molecular weight excluding hydrogens is 615 g/mol. The Morgan fingerprint density at radius 2 is 1.51 bits per heavy atom. The first kappa shape index (κ1) is 25.2. The van der Waals surface area contributed by atoms with Crippen molar-refractivity contribution in [3.63, 3.8) is 0 Å². The molecule has 2 aliphatic heterocycles. The van der Waals surface area contributed by atoms with Gasteiger partial charge in [-0.15, -0.1) is 0 Å². The summed E-state index contributed by atoms with van der Waals surface area (Å²) < 4.78 is 31.6. The second-order valence-corrected chi connectivity index (χ2v) is 13.0. The summed E-state index contributed by atoms with van der Waals surface area (Å²) in [6.45, 7) is 0.146. The molecule has 5 nitrogen and oxygen atoms in total. The summed E-state index contributed by atoms with van der Waals surface area (Å²) in [6.07, 6.45) is 0.891. The molecule has 0 aliphatic carbocycles. The molecule has 2 saturated heterocycles. The van der Waals surface area contributed by atoms with Crippen molar-refractivity contribution in [3.8, 4) is 0 Å². The molecule has 2 aliphatic rings. The number of fused-ring (bicyclic) bond motifs is 1. The largest absolute Gasteiger partial charge is 0.299 e. The molecule has 182 valence electrons. The van der Waals surface area contributed by atoms with E-state index in [4.69, 9.17) is 11.6 Å². The molecule has 0 saturated carbocycles. The van der Waals surface area contributed by atoms with Crippen molar-refractivity contribution in [2.45, 2.75) is 35.9 Å². The predicted molar refractivity (Wildman–Crippen MR) is 149 cm³/mol. The molecule has 0 N–H and O–H groups in total. The third-order valence-corrected chi connectivity index (χ3v) is 11.1. The lowest BCUT2D eigenvalue weighted by atomic mass is 9.77. The number of carbonyl (C=O) groups excluding carboxylic acids is 1. The van der Waals surface area contributed by atoms with E-state index in [9.17, 15) is 13.2 Å². The molecule has 9 heteroatoms. The Hall–Kier alpha value is -1.43. The zero-order chi connectivity index (χ0) is 24.6. The first-order valence-electron chi connectivity index (χ1n) is 11.4. The van der Waals surface area contributed by atoms with Crippen molar-refractivity contribution in [1.29, 1.82) is 0 Å². The highest BCUT2D eigenvalue weighted by Gasteiger charge is 2.51. The van der Waals surface area contributed by atoms with Gasteiger partial charge in [0.15, 0.2) is 0 Å². The summed E-state index contributed by atoms with van der Waals surface area (Å²) in [4.78, 5) is 13.6. The summed E-state index contributed by atoms with van der Waals surface area (Å²) in [5.41, 5.74) is 2.03. The van der Waals surface area contributed by atoms with Gasteiger partial charge in [0, 0.05) is 51.2 Å². The maximum Gasteiger partial charge on any atom is 0.243 e. The minimum Gasteiger partial charge on any atom is -0.299 e. The number of ketones is 1. The average Bonchev–Trinajstić information content (AvgIpc) is 2.89. The normalized spacial score (nSPS) is 25.8. The van der Waals surface area contributed by atoms with E-state index in [-0.39, 0.29) is 29.3 Å². The van der Waals surface area contributed by atoms with E-state index in [1.54, 1.807) is 27.3 Å². The van der Waals surface area contributed by atoms with E-state index in [1.807, 2.05) is 48.5 Å². The third-order valence-electron chi connectivity index (χ3n) is 6.95. The SMILES string of the molecule is O=C1C[C@@H](c2ccccc2)N(SI)[C@H]2C[C@@H](c3ccccc3)N(S(=O)(=O)c3cccc(Cl)c3)C[C@@H]12. The fourth-order valence-electron chi connectivity index (χ4n) is 5.26. The number of carbonyl (C=O) groups is 1. The zero-order valence-corrected chi connectivity index (χ0v) is 23.3. The minimum atomic E-state index is -3.88. The van der Waals surface area contributed by atoms with Gasteiger partial charge in [0.2, 0.25) is 10.0 Å². The quantitative estimate of drug-likeness (QED) is 0.237. The molecule has 2 heterocycles. The molecule has 3 aromatic rings. The van der Waals surface area contributed by atoms with E-state index in [0.29, 0.717) is 17.9 Å². The van der Waals surface area contributed by atoms with Gasteiger partial charge in [-0.1, -0.05) is 78.3 Å². The molecule has 0 aromatic heterocycles. The van der Waals surface area contributed by atoms with Crippen LogP contribution in [0.2, 0.25) is 5.02 Å². The standard InChI is InChI=1S/C26H24ClIN2O3S2/c27-20-12-7-13-21(14-20)35(32,33)29-17-22-25(15-23(29)18-8-3-1-4-9-18)30(34-28)24(16-26(22)31)19-10-5-2-6-11-19/h1-14,22-25H,15-17H2/t22-,23+,24+,25+/m1/s1. The molecule has 0 bridgehead atoms. The smallest absolute Gasteiger partial charge is 0.243 e. The van der Waals surface area contributed by atoms with Crippen LogP contribution in [-0.4, -0.2) is 35.4 Å². The lowest BCUT2D eigenvalue weighted by Crippen LogP contribution is -2.57. The highest BCUT2D eigenvalue weighted by molar-refractivity contribution is 14.2. The Labute approximate surface area is 227 Å². The Balaban J connectivity index is 1.56. The fraction of sp³-hybridized carbons (Fsp3) is 0.269. The van der Waals surface area contributed by atoms with Crippen LogP contribution in [-0.2, 0) is 14.8 Å². The first-order chi connectivity index (χ1) is 16.9. The molecule has 2 fully saturated rings. The number of halogens is 2. The second-order valence-electron chi connectivity index (χ2n) is 8.89. The first-order valence-corrected chi connectivity index (χ1v) is 16.5. The van der Waals surface area contributed by atoms with E-state index in [1.165, 1.54) is 10.4 Å². The molecule has 4 atom stereocenters. The van der Waals surface area contributed by atoms with Crippen LogP contribution in [0.3, 0.4) is 0 Å². The van der Waals surface area contributed by atoms with Crippen molar-refractivity contribution < 1.29 is 13.2 Å². The molecule has 3 aromatic carbocycles. The third kappa shape index (κ3) is 4.93. The fourth-order valence-corrected chi connectivity index (χ4v) is 9.54. The number of piperidine rings is 2. The summed E-state index contributed by atoms with van der Waals surface area (Å²) in [5.74, 6) is -0.283. The van der Waals surface area contributed by atoms with Crippen LogP contribution in [0.15, 0.2) is 89.8 Å².